The fourth-order valence-electron chi connectivity index (χ4n) is 3.98. The first kappa shape index (κ1) is 24.3. The zero-order chi connectivity index (χ0) is 19.4. The van der Waals surface area contributed by atoms with Gasteiger partial charge in [0.2, 0.25) is 0 Å². The number of hydrogen-bond acceptors (Lipinski definition) is 0. The topological polar surface area (TPSA) is 0 Å². The van der Waals surface area contributed by atoms with Gasteiger partial charge in [0, 0.05) is 0 Å². The third-order valence-corrected chi connectivity index (χ3v) is 5.91. The van der Waals surface area contributed by atoms with Gasteiger partial charge < -0.3 is 0 Å². The van der Waals surface area contributed by atoms with Crippen molar-refractivity contribution in [1.82, 2.24) is 0 Å². The molecule has 27 heavy (non-hydrogen) atoms. The van der Waals surface area contributed by atoms with E-state index >= 15 is 0 Å². The lowest BCUT2D eigenvalue weighted by Gasteiger charge is -2.06. The van der Waals surface area contributed by atoms with E-state index in [9.17, 15) is 0 Å². The van der Waals surface area contributed by atoms with Crippen LogP contribution < -0.4 is 0 Å². The first-order valence-electron chi connectivity index (χ1n) is 12.4. The summed E-state index contributed by atoms with van der Waals surface area (Å²) >= 11 is 0. The molecule has 0 aliphatic heterocycles. The highest BCUT2D eigenvalue weighted by Gasteiger charge is 1.98. The van der Waals surface area contributed by atoms with Gasteiger partial charge in [0.25, 0.3) is 0 Å². The van der Waals surface area contributed by atoms with Crippen molar-refractivity contribution in [3.05, 3.63) is 35.4 Å². The SMILES string of the molecule is CCCCCCCCCCCCc1ccc(CCCCCCCCC)cc1. The van der Waals surface area contributed by atoms with E-state index in [1.165, 1.54) is 133 Å². The molecule has 1 aromatic rings. The van der Waals surface area contributed by atoms with Crippen molar-refractivity contribution in [2.75, 3.05) is 0 Å². The second-order valence-corrected chi connectivity index (χ2v) is 8.62. The quantitative estimate of drug-likeness (QED) is 0.212. The highest BCUT2D eigenvalue weighted by Crippen LogP contribution is 2.15. The van der Waals surface area contributed by atoms with E-state index in [0.29, 0.717) is 0 Å². The van der Waals surface area contributed by atoms with Gasteiger partial charge >= 0.3 is 0 Å². The molecule has 0 bridgehead atoms. The van der Waals surface area contributed by atoms with Crippen molar-refractivity contribution in [2.24, 2.45) is 0 Å². The maximum atomic E-state index is 2.38. The highest BCUT2D eigenvalue weighted by atomic mass is 14.0. The Morgan fingerprint density at radius 3 is 0.926 bits per heavy atom. The molecule has 0 aromatic heterocycles. The van der Waals surface area contributed by atoms with Crippen molar-refractivity contribution in [2.45, 2.75) is 136 Å². The molecule has 0 heteroatoms. The Morgan fingerprint density at radius 1 is 0.370 bits per heavy atom. The summed E-state index contributed by atoms with van der Waals surface area (Å²) in [4.78, 5) is 0. The average molecular weight is 373 g/mol. The number of aryl methyl sites for hydroxylation is 2. The van der Waals surface area contributed by atoms with Crippen molar-refractivity contribution in [3.63, 3.8) is 0 Å². The van der Waals surface area contributed by atoms with Gasteiger partial charge in [0.1, 0.15) is 0 Å². The zero-order valence-electron chi connectivity index (χ0n) is 18.7. The molecule has 0 amide bonds. The monoisotopic (exact) mass is 372 g/mol. The summed E-state index contributed by atoms with van der Waals surface area (Å²) in [6.45, 7) is 4.59. The first-order valence-corrected chi connectivity index (χ1v) is 12.4. The predicted molar refractivity (Wildman–Crippen MR) is 124 cm³/mol. The van der Waals surface area contributed by atoms with E-state index in [1.807, 2.05) is 0 Å². The summed E-state index contributed by atoms with van der Waals surface area (Å²) in [6.07, 6.45) is 26.7. The molecule has 0 aliphatic rings. The van der Waals surface area contributed by atoms with Crippen molar-refractivity contribution < 1.29 is 0 Å². The van der Waals surface area contributed by atoms with Crippen LogP contribution >= 0.6 is 0 Å². The maximum Gasteiger partial charge on any atom is -0.0279 e. The van der Waals surface area contributed by atoms with Crippen LogP contribution in [0.25, 0.3) is 0 Å². The van der Waals surface area contributed by atoms with Crippen LogP contribution in [0.4, 0.5) is 0 Å². The molecule has 1 rings (SSSR count). The molecule has 0 heterocycles. The third kappa shape index (κ3) is 14.9. The Morgan fingerprint density at radius 2 is 0.630 bits per heavy atom. The van der Waals surface area contributed by atoms with Gasteiger partial charge in [0.05, 0.1) is 0 Å². The number of unbranched alkanes of at least 4 members (excludes halogenated alkanes) is 15. The molecule has 0 N–H and O–H groups in total. The molecule has 1 aromatic carbocycles. The van der Waals surface area contributed by atoms with Gasteiger partial charge in [-0.25, -0.2) is 0 Å². The number of hydrogen-bond donors (Lipinski definition) is 0. The van der Waals surface area contributed by atoms with E-state index in [4.69, 9.17) is 0 Å². The van der Waals surface area contributed by atoms with E-state index < -0.39 is 0 Å². The minimum absolute atomic E-state index is 1.27. The van der Waals surface area contributed by atoms with Crippen molar-refractivity contribution in [1.29, 1.82) is 0 Å². The van der Waals surface area contributed by atoms with Gasteiger partial charge in [-0.15, -0.1) is 0 Å². The molecule has 0 radical (unpaired) electrons. The first-order chi connectivity index (χ1) is 13.4. The summed E-state index contributed by atoms with van der Waals surface area (Å²) in [5, 5.41) is 0. The fraction of sp³-hybridized carbons (Fsp3) is 0.778. The average Bonchev–Trinajstić information content (AvgIpc) is 2.70. The lowest BCUT2D eigenvalue weighted by molar-refractivity contribution is 0.556. The smallest absolute Gasteiger partial charge is 0.0279 e. The van der Waals surface area contributed by atoms with Crippen LogP contribution in [0.2, 0.25) is 0 Å². The highest BCUT2D eigenvalue weighted by molar-refractivity contribution is 5.22. The van der Waals surface area contributed by atoms with E-state index in [0.717, 1.165) is 0 Å². The van der Waals surface area contributed by atoms with Crippen molar-refractivity contribution in [3.8, 4) is 0 Å². The molecule has 0 saturated carbocycles. The molecule has 0 aliphatic carbocycles. The minimum atomic E-state index is 1.27. The molecule has 0 spiro atoms. The van der Waals surface area contributed by atoms with Gasteiger partial charge in [-0.1, -0.05) is 134 Å². The molecular formula is C27H48. The van der Waals surface area contributed by atoms with Crippen LogP contribution in [0.15, 0.2) is 24.3 Å². The second-order valence-electron chi connectivity index (χ2n) is 8.62. The van der Waals surface area contributed by atoms with Crippen LogP contribution in [0.3, 0.4) is 0 Å². The zero-order valence-corrected chi connectivity index (χ0v) is 18.7. The molecule has 0 saturated heterocycles. The number of rotatable bonds is 19. The lowest BCUT2D eigenvalue weighted by Crippen LogP contribution is -1.90. The summed E-state index contributed by atoms with van der Waals surface area (Å²) in [7, 11) is 0. The number of benzene rings is 1. The van der Waals surface area contributed by atoms with E-state index in [-0.39, 0.29) is 0 Å². The fourth-order valence-corrected chi connectivity index (χ4v) is 3.98. The maximum absolute atomic E-state index is 2.38. The molecular weight excluding hydrogens is 324 g/mol. The van der Waals surface area contributed by atoms with E-state index in [1.54, 1.807) is 0 Å². The Balaban J connectivity index is 1.95. The molecule has 0 unspecified atom stereocenters. The van der Waals surface area contributed by atoms with Gasteiger partial charge in [-0.2, -0.15) is 0 Å². The Kier molecular flexibility index (Phi) is 16.7. The molecule has 0 fully saturated rings. The van der Waals surface area contributed by atoms with E-state index in [2.05, 4.69) is 38.1 Å². The van der Waals surface area contributed by atoms with Crippen LogP contribution in [0, 0.1) is 0 Å². The van der Waals surface area contributed by atoms with Crippen LogP contribution in [-0.4, -0.2) is 0 Å². The van der Waals surface area contributed by atoms with Gasteiger partial charge in [-0.3, -0.25) is 0 Å². The normalized spacial score (nSPS) is 11.2. The molecule has 0 nitrogen and oxygen atoms in total. The second kappa shape index (κ2) is 18.6. The Bertz CT molecular complexity index is 403. The standard InChI is InChI=1S/C27H48/c1-3-5-7-9-11-12-13-15-17-19-21-27-24-22-26(23-25-27)20-18-16-14-10-8-6-4-2/h22-25H,3-21H2,1-2H3. The van der Waals surface area contributed by atoms with Gasteiger partial charge in [-0.05, 0) is 36.8 Å². The summed E-state index contributed by atoms with van der Waals surface area (Å²) < 4.78 is 0. The minimum Gasteiger partial charge on any atom is -0.0654 e. The Hall–Kier alpha value is -0.780. The van der Waals surface area contributed by atoms with Crippen LogP contribution in [-0.2, 0) is 12.8 Å². The Labute approximate surface area is 171 Å². The molecule has 156 valence electrons. The predicted octanol–water partition coefficient (Wildman–Crippen LogP) is 9.44. The summed E-state index contributed by atoms with van der Waals surface area (Å²) in [6, 6.07) is 9.51. The van der Waals surface area contributed by atoms with Gasteiger partial charge in [0.15, 0.2) is 0 Å². The van der Waals surface area contributed by atoms with Crippen molar-refractivity contribution >= 4 is 0 Å². The largest absolute Gasteiger partial charge is 0.0654 e. The summed E-state index contributed by atoms with van der Waals surface area (Å²) in [5.41, 5.74) is 3.08. The lowest BCUT2D eigenvalue weighted by atomic mass is 10.0. The third-order valence-electron chi connectivity index (χ3n) is 5.91. The summed E-state index contributed by atoms with van der Waals surface area (Å²) in [5.74, 6) is 0. The molecule has 0 atom stereocenters. The van der Waals surface area contributed by atoms with Crippen LogP contribution in [0.5, 0.6) is 0 Å². The van der Waals surface area contributed by atoms with Crippen LogP contribution in [0.1, 0.15) is 134 Å².